The number of nitrogens with zero attached hydrogens (tertiary/aromatic N) is 1. The van der Waals surface area contributed by atoms with Gasteiger partial charge in [-0.1, -0.05) is 5.16 Å². The standard InChI is InChI=1S/C11H13F3N2O3/c1-18-4-5-19-9-3-2-7(11(12,13)14)6-8(9)10(15)16-17/h2-3,6,17H,4-5H2,1H3,(H2,15,16). The highest BCUT2D eigenvalue weighted by atomic mass is 19.4. The van der Waals surface area contributed by atoms with Crippen molar-refractivity contribution in [3.8, 4) is 5.75 Å². The molecule has 1 aromatic carbocycles. The largest absolute Gasteiger partial charge is 0.490 e. The van der Waals surface area contributed by atoms with Crippen LogP contribution in [-0.4, -0.2) is 31.4 Å². The predicted molar refractivity (Wildman–Crippen MR) is 61.3 cm³/mol. The number of amidine groups is 1. The van der Waals surface area contributed by atoms with Crippen LogP contribution < -0.4 is 10.5 Å². The predicted octanol–water partition coefficient (Wildman–Crippen LogP) is 1.83. The summed E-state index contributed by atoms with van der Waals surface area (Å²) in [5, 5.41) is 11.3. The quantitative estimate of drug-likeness (QED) is 0.283. The van der Waals surface area contributed by atoms with Crippen LogP contribution in [0.1, 0.15) is 11.1 Å². The molecule has 0 spiro atoms. The van der Waals surface area contributed by atoms with E-state index in [4.69, 9.17) is 20.4 Å². The van der Waals surface area contributed by atoms with Gasteiger partial charge in [0.05, 0.1) is 17.7 Å². The van der Waals surface area contributed by atoms with Gasteiger partial charge in [0.15, 0.2) is 5.84 Å². The number of nitrogens with two attached hydrogens (primary N) is 1. The smallest absolute Gasteiger partial charge is 0.416 e. The molecule has 0 atom stereocenters. The van der Waals surface area contributed by atoms with E-state index >= 15 is 0 Å². The minimum atomic E-state index is -4.52. The van der Waals surface area contributed by atoms with Crippen molar-refractivity contribution in [3.05, 3.63) is 29.3 Å². The lowest BCUT2D eigenvalue weighted by Gasteiger charge is -2.13. The van der Waals surface area contributed by atoms with Gasteiger partial charge in [-0.2, -0.15) is 13.2 Å². The average Bonchev–Trinajstić information content (AvgIpc) is 2.37. The van der Waals surface area contributed by atoms with E-state index in [-0.39, 0.29) is 24.5 Å². The van der Waals surface area contributed by atoms with E-state index in [1.165, 1.54) is 7.11 Å². The zero-order valence-electron chi connectivity index (χ0n) is 10.1. The van der Waals surface area contributed by atoms with Crippen molar-refractivity contribution in [1.29, 1.82) is 0 Å². The molecule has 0 aliphatic heterocycles. The van der Waals surface area contributed by atoms with Crippen molar-refractivity contribution in [2.24, 2.45) is 10.9 Å². The number of rotatable bonds is 5. The first-order valence-corrected chi connectivity index (χ1v) is 5.21. The summed E-state index contributed by atoms with van der Waals surface area (Å²) in [4.78, 5) is 0. The molecule has 0 radical (unpaired) electrons. The Morgan fingerprint density at radius 1 is 1.37 bits per heavy atom. The minimum Gasteiger partial charge on any atom is -0.490 e. The Hall–Kier alpha value is -1.96. The zero-order chi connectivity index (χ0) is 14.5. The third kappa shape index (κ3) is 4.02. The molecule has 3 N–H and O–H groups in total. The Morgan fingerprint density at radius 3 is 2.58 bits per heavy atom. The normalized spacial score (nSPS) is 12.5. The van der Waals surface area contributed by atoms with Gasteiger partial charge < -0.3 is 20.4 Å². The van der Waals surface area contributed by atoms with E-state index in [2.05, 4.69) is 5.16 Å². The Kier molecular flexibility index (Phi) is 4.99. The van der Waals surface area contributed by atoms with Crippen molar-refractivity contribution >= 4 is 5.84 Å². The number of ether oxygens (including phenoxy) is 2. The molecule has 0 bridgehead atoms. The van der Waals surface area contributed by atoms with E-state index < -0.39 is 17.6 Å². The Bertz CT molecular complexity index is 461. The summed E-state index contributed by atoms with van der Waals surface area (Å²) in [6.07, 6.45) is -4.52. The van der Waals surface area contributed by atoms with Crippen molar-refractivity contribution in [1.82, 2.24) is 0 Å². The van der Waals surface area contributed by atoms with Crippen LogP contribution in [0.25, 0.3) is 0 Å². The van der Waals surface area contributed by atoms with Crippen molar-refractivity contribution in [2.45, 2.75) is 6.18 Å². The van der Waals surface area contributed by atoms with Crippen LogP contribution >= 0.6 is 0 Å². The molecule has 1 aromatic rings. The molecule has 0 saturated carbocycles. The maximum atomic E-state index is 12.6. The van der Waals surface area contributed by atoms with E-state index in [9.17, 15) is 13.2 Å². The molecule has 5 nitrogen and oxygen atoms in total. The van der Waals surface area contributed by atoms with Crippen molar-refractivity contribution in [2.75, 3.05) is 20.3 Å². The zero-order valence-corrected chi connectivity index (χ0v) is 10.1. The van der Waals surface area contributed by atoms with Gasteiger partial charge in [-0.05, 0) is 18.2 Å². The molecule has 0 aliphatic carbocycles. The van der Waals surface area contributed by atoms with E-state index in [1.807, 2.05) is 0 Å². The molecule has 0 fully saturated rings. The third-order valence-electron chi connectivity index (χ3n) is 2.24. The van der Waals surface area contributed by atoms with Gasteiger partial charge in [-0.3, -0.25) is 0 Å². The van der Waals surface area contributed by atoms with Crippen LogP contribution in [0.2, 0.25) is 0 Å². The minimum absolute atomic E-state index is 0.0837. The lowest BCUT2D eigenvalue weighted by molar-refractivity contribution is -0.137. The second-order valence-electron chi connectivity index (χ2n) is 3.54. The molecule has 0 heterocycles. The summed E-state index contributed by atoms with van der Waals surface area (Å²) in [5.74, 6) is -0.376. The molecule has 0 unspecified atom stereocenters. The van der Waals surface area contributed by atoms with E-state index in [0.717, 1.165) is 18.2 Å². The monoisotopic (exact) mass is 278 g/mol. The van der Waals surface area contributed by atoms with Crippen LogP contribution in [0.4, 0.5) is 13.2 Å². The number of alkyl halides is 3. The molecule has 19 heavy (non-hydrogen) atoms. The molecular weight excluding hydrogens is 265 g/mol. The first kappa shape index (κ1) is 15.1. The van der Waals surface area contributed by atoms with Crippen LogP contribution in [0.15, 0.2) is 23.4 Å². The van der Waals surface area contributed by atoms with Crippen molar-refractivity contribution < 1.29 is 27.9 Å². The average molecular weight is 278 g/mol. The second-order valence-corrected chi connectivity index (χ2v) is 3.54. The Morgan fingerprint density at radius 2 is 2.05 bits per heavy atom. The summed E-state index contributed by atoms with van der Waals surface area (Å²) in [6, 6.07) is 2.74. The lowest BCUT2D eigenvalue weighted by atomic mass is 10.1. The third-order valence-corrected chi connectivity index (χ3v) is 2.24. The topological polar surface area (TPSA) is 77.1 Å². The van der Waals surface area contributed by atoms with Crippen LogP contribution in [0.5, 0.6) is 5.75 Å². The van der Waals surface area contributed by atoms with E-state index in [1.54, 1.807) is 0 Å². The summed E-state index contributed by atoms with van der Waals surface area (Å²) < 4.78 is 47.7. The molecular formula is C11H13F3N2O3. The van der Waals surface area contributed by atoms with Crippen LogP contribution in [0.3, 0.4) is 0 Å². The van der Waals surface area contributed by atoms with Crippen molar-refractivity contribution in [3.63, 3.8) is 0 Å². The molecule has 0 saturated heterocycles. The van der Waals surface area contributed by atoms with E-state index in [0.29, 0.717) is 0 Å². The highest BCUT2D eigenvalue weighted by molar-refractivity contribution is 5.99. The maximum Gasteiger partial charge on any atom is 0.416 e. The molecule has 0 aliphatic rings. The summed E-state index contributed by atoms with van der Waals surface area (Å²) in [6.45, 7) is 0.393. The van der Waals surface area contributed by atoms with Gasteiger partial charge in [0.25, 0.3) is 0 Å². The fourth-order valence-electron chi connectivity index (χ4n) is 1.32. The fraction of sp³-hybridized carbons (Fsp3) is 0.364. The number of halogens is 3. The molecule has 106 valence electrons. The number of benzene rings is 1. The molecule has 1 rings (SSSR count). The van der Waals surface area contributed by atoms with Gasteiger partial charge in [0, 0.05) is 7.11 Å². The van der Waals surface area contributed by atoms with Gasteiger partial charge in [0.2, 0.25) is 0 Å². The number of oxime groups is 1. The number of hydrogen-bond acceptors (Lipinski definition) is 4. The molecule has 0 aromatic heterocycles. The second kappa shape index (κ2) is 6.28. The maximum absolute atomic E-state index is 12.6. The first-order chi connectivity index (χ1) is 8.90. The highest BCUT2D eigenvalue weighted by Gasteiger charge is 2.31. The fourth-order valence-corrected chi connectivity index (χ4v) is 1.32. The highest BCUT2D eigenvalue weighted by Crippen LogP contribution is 2.32. The molecule has 0 amide bonds. The summed E-state index contributed by atoms with van der Waals surface area (Å²) in [7, 11) is 1.46. The first-order valence-electron chi connectivity index (χ1n) is 5.21. The van der Waals surface area contributed by atoms with Gasteiger partial charge >= 0.3 is 6.18 Å². The van der Waals surface area contributed by atoms with Crippen LogP contribution in [-0.2, 0) is 10.9 Å². The Labute approximate surface area is 107 Å². The SMILES string of the molecule is COCCOc1ccc(C(F)(F)F)cc1/C(N)=N/O. The molecule has 8 heteroatoms. The number of methoxy groups -OCH3 is 1. The van der Waals surface area contributed by atoms with Gasteiger partial charge in [-0.25, -0.2) is 0 Å². The lowest BCUT2D eigenvalue weighted by Crippen LogP contribution is -2.17. The Balaban J connectivity index is 3.10. The summed E-state index contributed by atoms with van der Waals surface area (Å²) in [5.41, 5.74) is 4.29. The number of hydrogen-bond donors (Lipinski definition) is 2. The van der Waals surface area contributed by atoms with Gasteiger partial charge in [0.1, 0.15) is 12.4 Å². The summed E-state index contributed by atoms with van der Waals surface area (Å²) >= 11 is 0. The van der Waals surface area contributed by atoms with Crippen LogP contribution in [0, 0.1) is 0 Å². The van der Waals surface area contributed by atoms with Gasteiger partial charge in [-0.15, -0.1) is 0 Å².